The van der Waals surface area contributed by atoms with Crippen molar-refractivity contribution in [1.29, 1.82) is 0 Å². The molecule has 1 aromatic carbocycles. The van der Waals surface area contributed by atoms with Gasteiger partial charge in [0.05, 0.1) is 5.56 Å². The Bertz CT molecular complexity index is 748. The molecule has 1 aliphatic heterocycles. The maximum Gasteiger partial charge on any atom is 0.255 e. The monoisotopic (exact) mass is 338 g/mol. The number of hydrogen-bond donors (Lipinski definition) is 2. The summed E-state index contributed by atoms with van der Waals surface area (Å²) < 4.78 is 0. The van der Waals surface area contributed by atoms with Crippen molar-refractivity contribution in [3.05, 3.63) is 53.7 Å². The predicted octanol–water partition coefficient (Wildman–Crippen LogP) is 2.03. The van der Waals surface area contributed by atoms with Gasteiger partial charge in [0.25, 0.3) is 5.91 Å². The van der Waals surface area contributed by atoms with Crippen LogP contribution < -0.4 is 15.5 Å². The number of amides is 2. The van der Waals surface area contributed by atoms with E-state index >= 15 is 0 Å². The summed E-state index contributed by atoms with van der Waals surface area (Å²) in [4.78, 5) is 29.4. The van der Waals surface area contributed by atoms with Crippen LogP contribution in [0.3, 0.4) is 0 Å². The summed E-state index contributed by atoms with van der Waals surface area (Å²) >= 11 is 0. The van der Waals surface area contributed by atoms with E-state index in [0.29, 0.717) is 37.3 Å². The normalized spacial score (nSPS) is 13.0. The highest BCUT2D eigenvalue weighted by Crippen LogP contribution is 2.33. The molecule has 0 fully saturated rings. The lowest BCUT2D eigenvalue weighted by Crippen LogP contribution is -2.31. The highest BCUT2D eigenvalue weighted by molar-refractivity contribution is 5.99. The summed E-state index contributed by atoms with van der Waals surface area (Å²) in [5, 5.41) is 5.48. The second-order valence-corrected chi connectivity index (χ2v) is 5.94. The number of anilines is 2. The van der Waals surface area contributed by atoms with Gasteiger partial charge in [-0.2, -0.15) is 0 Å². The average molecular weight is 338 g/mol. The van der Waals surface area contributed by atoms with Crippen molar-refractivity contribution in [3.63, 3.8) is 0 Å². The Labute approximate surface area is 147 Å². The van der Waals surface area contributed by atoms with Gasteiger partial charge in [-0.1, -0.05) is 18.2 Å². The van der Waals surface area contributed by atoms with Crippen LogP contribution in [0, 0.1) is 0 Å². The fourth-order valence-corrected chi connectivity index (χ4v) is 3.09. The predicted molar refractivity (Wildman–Crippen MR) is 97.0 cm³/mol. The lowest BCUT2D eigenvalue weighted by molar-refractivity contribution is -0.109. The smallest absolute Gasteiger partial charge is 0.255 e. The van der Waals surface area contributed by atoms with E-state index in [1.165, 1.54) is 5.56 Å². The van der Waals surface area contributed by atoms with E-state index in [1.54, 1.807) is 18.3 Å². The first-order valence-electron chi connectivity index (χ1n) is 8.57. The Morgan fingerprint density at radius 3 is 2.96 bits per heavy atom. The van der Waals surface area contributed by atoms with E-state index in [9.17, 15) is 9.59 Å². The van der Waals surface area contributed by atoms with Gasteiger partial charge < -0.3 is 15.5 Å². The van der Waals surface area contributed by atoms with E-state index in [4.69, 9.17) is 0 Å². The van der Waals surface area contributed by atoms with Crippen LogP contribution in [-0.4, -0.2) is 36.9 Å². The second-order valence-electron chi connectivity index (χ2n) is 5.94. The maximum atomic E-state index is 12.6. The van der Waals surface area contributed by atoms with E-state index in [2.05, 4.69) is 32.7 Å². The number of pyridine rings is 1. The van der Waals surface area contributed by atoms with Crippen LogP contribution in [0.25, 0.3) is 0 Å². The van der Waals surface area contributed by atoms with Gasteiger partial charge in [-0.05, 0) is 43.0 Å². The number of benzene rings is 1. The fourth-order valence-electron chi connectivity index (χ4n) is 3.09. The molecule has 0 spiro atoms. The van der Waals surface area contributed by atoms with Crippen LogP contribution >= 0.6 is 0 Å². The van der Waals surface area contributed by atoms with Gasteiger partial charge in [0, 0.05) is 31.5 Å². The molecule has 3 rings (SSSR count). The minimum atomic E-state index is -0.141. The van der Waals surface area contributed by atoms with Crippen molar-refractivity contribution in [3.8, 4) is 0 Å². The molecule has 1 aliphatic rings. The Hall–Kier alpha value is -2.89. The number of rotatable bonds is 7. The van der Waals surface area contributed by atoms with Gasteiger partial charge in [-0.3, -0.25) is 9.59 Å². The standard InChI is InChI=1S/C19H22N4O2/c24-14-20-10-5-12-22-19(25)16-8-3-11-21-18(16)23-13-4-7-15-6-1-2-9-17(15)23/h1-3,6,8-9,11,14H,4-5,7,10,12-13H2,(H,20,24)(H,22,25). The van der Waals surface area contributed by atoms with Gasteiger partial charge >= 0.3 is 0 Å². The van der Waals surface area contributed by atoms with Gasteiger partial charge in [0.2, 0.25) is 6.41 Å². The Morgan fingerprint density at radius 2 is 2.08 bits per heavy atom. The topological polar surface area (TPSA) is 74.3 Å². The second kappa shape index (κ2) is 8.28. The van der Waals surface area contributed by atoms with Crippen LogP contribution in [0.1, 0.15) is 28.8 Å². The van der Waals surface area contributed by atoms with E-state index in [1.807, 2.05) is 12.1 Å². The molecule has 0 radical (unpaired) electrons. The number of hydrogen-bond acceptors (Lipinski definition) is 4. The zero-order chi connectivity index (χ0) is 17.5. The molecule has 130 valence electrons. The first-order valence-corrected chi connectivity index (χ1v) is 8.57. The SMILES string of the molecule is O=CNCCCNC(=O)c1cccnc1N1CCCc2ccccc21. The molecule has 6 heteroatoms. The third-order valence-corrected chi connectivity index (χ3v) is 4.26. The Balaban J connectivity index is 1.78. The van der Waals surface area contributed by atoms with Crippen LogP contribution in [0.15, 0.2) is 42.6 Å². The first-order chi connectivity index (χ1) is 12.3. The molecule has 0 atom stereocenters. The molecule has 0 saturated heterocycles. The van der Waals surface area contributed by atoms with Crippen LogP contribution in [0.4, 0.5) is 11.5 Å². The molecular weight excluding hydrogens is 316 g/mol. The average Bonchev–Trinajstić information content (AvgIpc) is 2.67. The van der Waals surface area contributed by atoms with Crippen molar-refractivity contribution in [2.45, 2.75) is 19.3 Å². The quantitative estimate of drug-likeness (QED) is 0.598. The molecular formula is C19H22N4O2. The molecule has 0 saturated carbocycles. The molecule has 6 nitrogen and oxygen atoms in total. The number of carbonyl (C=O) groups is 2. The fraction of sp³-hybridized carbons (Fsp3) is 0.316. The summed E-state index contributed by atoms with van der Waals surface area (Å²) in [7, 11) is 0. The third kappa shape index (κ3) is 3.96. The molecule has 1 aromatic heterocycles. The van der Waals surface area contributed by atoms with Gasteiger partial charge in [0.15, 0.2) is 0 Å². The first kappa shape index (κ1) is 17.0. The van der Waals surface area contributed by atoms with Gasteiger partial charge in [-0.15, -0.1) is 0 Å². The highest BCUT2D eigenvalue weighted by Gasteiger charge is 2.23. The summed E-state index contributed by atoms with van der Waals surface area (Å²) in [5.41, 5.74) is 2.98. The summed E-state index contributed by atoms with van der Waals surface area (Å²) in [6.07, 6.45) is 5.15. The van der Waals surface area contributed by atoms with Crippen LogP contribution in [0.5, 0.6) is 0 Å². The molecule has 25 heavy (non-hydrogen) atoms. The molecule has 0 aliphatic carbocycles. The highest BCUT2D eigenvalue weighted by atomic mass is 16.1. The minimum absolute atomic E-state index is 0.141. The largest absolute Gasteiger partial charge is 0.359 e. The lowest BCUT2D eigenvalue weighted by atomic mass is 10.0. The lowest BCUT2D eigenvalue weighted by Gasteiger charge is -2.31. The van der Waals surface area contributed by atoms with Gasteiger partial charge in [0.1, 0.15) is 5.82 Å². The number of aryl methyl sites for hydroxylation is 1. The zero-order valence-corrected chi connectivity index (χ0v) is 14.1. The summed E-state index contributed by atoms with van der Waals surface area (Å²) in [5.74, 6) is 0.551. The number of aromatic nitrogens is 1. The zero-order valence-electron chi connectivity index (χ0n) is 14.1. The summed E-state index contributed by atoms with van der Waals surface area (Å²) in [6, 6.07) is 11.8. The van der Waals surface area contributed by atoms with Crippen LogP contribution in [0.2, 0.25) is 0 Å². The maximum absolute atomic E-state index is 12.6. The molecule has 2 heterocycles. The Kier molecular flexibility index (Phi) is 5.61. The van der Waals surface area contributed by atoms with Crippen molar-refractivity contribution in [2.24, 2.45) is 0 Å². The number of carbonyl (C=O) groups excluding carboxylic acids is 2. The third-order valence-electron chi connectivity index (χ3n) is 4.26. The molecule has 0 bridgehead atoms. The molecule has 2 N–H and O–H groups in total. The van der Waals surface area contributed by atoms with Crippen molar-refractivity contribution in [1.82, 2.24) is 15.6 Å². The molecule has 0 unspecified atom stereocenters. The number of nitrogens with zero attached hydrogens (tertiary/aromatic N) is 2. The number of fused-ring (bicyclic) bond motifs is 1. The number of nitrogens with one attached hydrogen (secondary N) is 2. The van der Waals surface area contributed by atoms with E-state index < -0.39 is 0 Å². The molecule has 2 aromatic rings. The Morgan fingerprint density at radius 1 is 1.20 bits per heavy atom. The minimum Gasteiger partial charge on any atom is -0.359 e. The number of para-hydroxylation sites is 1. The summed E-state index contributed by atoms with van der Waals surface area (Å²) in [6.45, 7) is 1.89. The van der Waals surface area contributed by atoms with Crippen LogP contribution in [-0.2, 0) is 11.2 Å². The van der Waals surface area contributed by atoms with Crippen molar-refractivity contribution >= 4 is 23.8 Å². The van der Waals surface area contributed by atoms with Crippen molar-refractivity contribution in [2.75, 3.05) is 24.5 Å². The van der Waals surface area contributed by atoms with E-state index in [0.717, 1.165) is 25.1 Å². The van der Waals surface area contributed by atoms with Crippen molar-refractivity contribution < 1.29 is 9.59 Å². The molecule has 2 amide bonds. The van der Waals surface area contributed by atoms with E-state index in [-0.39, 0.29) is 5.91 Å². The van der Waals surface area contributed by atoms with Gasteiger partial charge in [-0.25, -0.2) is 4.98 Å².